The average molecular weight is 416 g/mol. The molecule has 1 heterocycles. The van der Waals surface area contributed by atoms with Crippen molar-refractivity contribution >= 4 is 28.9 Å². The van der Waals surface area contributed by atoms with Gasteiger partial charge in [0.15, 0.2) is 0 Å². The van der Waals surface area contributed by atoms with Gasteiger partial charge in [0.25, 0.3) is 0 Å². The molecule has 0 aromatic heterocycles. The van der Waals surface area contributed by atoms with E-state index in [1.807, 2.05) is 0 Å². The summed E-state index contributed by atoms with van der Waals surface area (Å²) in [6, 6.07) is 6.51. The van der Waals surface area contributed by atoms with Crippen LogP contribution >= 0.6 is 11.6 Å². The molecule has 4 saturated carbocycles. The molecule has 5 aliphatic rings. The van der Waals surface area contributed by atoms with Gasteiger partial charge in [0.05, 0.1) is 5.41 Å². The first kappa shape index (κ1) is 19.7. The van der Waals surface area contributed by atoms with Crippen molar-refractivity contribution in [2.45, 2.75) is 57.2 Å². The van der Waals surface area contributed by atoms with E-state index in [9.17, 15) is 4.79 Å². The number of nitrogens with zero attached hydrogens (tertiary/aromatic N) is 2. The van der Waals surface area contributed by atoms with Crippen LogP contribution in [0.3, 0.4) is 0 Å². The summed E-state index contributed by atoms with van der Waals surface area (Å²) < 4.78 is 0. The number of anilines is 2. The SMILES string of the molecule is CCN1CCN(c2ccc(NC(=O)C34C[C@H]5C[C@@H](CC(Cl)(C5)C3)C4)c(C)c2)CC1. The number of amides is 1. The minimum atomic E-state index is -0.243. The van der Waals surface area contributed by atoms with Gasteiger partial charge in [-0.3, -0.25) is 4.79 Å². The summed E-state index contributed by atoms with van der Waals surface area (Å²) in [7, 11) is 0. The third-order valence-electron chi connectivity index (χ3n) is 8.11. The molecular weight excluding hydrogens is 382 g/mol. The Hall–Kier alpha value is -1.26. The Balaban J connectivity index is 1.29. The predicted octanol–water partition coefficient (Wildman–Crippen LogP) is 4.65. The molecule has 1 aliphatic heterocycles. The minimum Gasteiger partial charge on any atom is -0.369 e. The molecule has 0 radical (unpaired) electrons. The lowest BCUT2D eigenvalue weighted by Crippen LogP contribution is -2.57. The molecule has 4 bridgehead atoms. The number of carbonyl (C=O) groups excluding carboxylic acids is 1. The standard InChI is InChI=1S/C24H34ClN3O/c1-3-27-6-8-28(9-7-27)20-4-5-21(17(2)10-20)26-22(29)23-12-18-11-19(13-23)15-24(25,14-18)16-23/h4-5,10,18-19H,3,6-9,11-16H2,1-2H3,(H,26,29)/t18-,19-,23?,24?/m1/s1. The van der Waals surface area contributed by atoms with E-state index in [2.05, 4.69) is 47.2 Å². The molecule has 1 saturated heterocycles. The van der Waals surface area contributed by atoms with E-state index < -0.39 is 0 Å². The van der Waals surface area contributed by atoms with Crippen molar-refractivity contribution in [3.63, 3.8) is 0 Å². The van der Waals surface area contributed by atoms with E-state index >= 15 is 0 Å². The Morgan fingerprint density at radius 2 is 1.83 bits per heavy atom. The molecule has 1 aromatic rings. The molecule has 4 nitrogen and oxygen atoms in total. The zero-order chi connectivity index (χ0) is 20.2. The van der Waals surface area contributed by atoms with Crippen LogP contribution in [0.2, 0.25) is 0 Å². The third-order valence-corrected chi connectivity index (χ3v) is 8.56. The molecule has 6 rings (SSSR count). The highest BCUT2D eigenvalue weighted by atomic mass is 35.5. The van der Waals surface area contributed by atoms with Gasteiger partial charge in [-0.15, -0.1) is 11.6 Å². The topological polar surface area (TPSA) is 35.6 Å². The first-order chi connectivity index (χ1) is 13.9. The Bertz CT molecular complexity index is 787. The summed E-state index contributed by atoms with van der Waals surface area (Å²) in [5, 5.41) is 3.31. The first-order valence-corrected chi connectivity index (χ1v) is 11.8. The quantitative estimate of drug-likeness (QED) is 0.727. The van der Waals surface area contributed by atoms with Crippen LogP contribution in [0.15, 0.2) is 18.2 Å². The van der Waals surface area contributed by atoms with Crippen LogP contribution in [-0.2, 0) is 4.79 Å². The van der Waals surface area contributed by atoms with Crippen LogP contribution in [0.4, 0.5) is 11.4 Å². The van der Waals surface area contributed by atoms with E-state index in [4.69, 9.17) is 11.6 Å². The molecule has 5 fully saturated rings. The number of hydrogen-bond donors (Lipinski definition) is 1. The van der Waals surface area contributed by atoms with Crippen molar-refractivity contribution < 1.29 is 4.79 Å². The second-order valence-corrected chi connectivity index (χ2v) is 11.1. The van der Waals surface area contributed by atoms with Gasteiger partial charge in [0.2, 0.25) is 5.91 Å². The summed E-state index contributed by atoms with van der Waals surface area (Å²) in [6.45, 7) is 9.87. The second-order valence-electron chi connectivity index (χ2n) is 10.3. The van der Waals surface area contributed by atoms with E-state index in [0.717, 1.165) is 76.1 Å². The van der Waals surface area contributed by atoms with Gasteiger partial charge in [-0.05, 0) is 87.6 Å². The number of nitrogens with one attached hydrogen (secondary N) is 1. The largest absolute Gasteiger partial charge is 0.369 e. The zero-order valence-corrected chi connectivity index (χ0v) is 18.6. The average Bonchev–Trinajstić information content (AvgIpc) is 2.67. The monoisotopic (exact) mass is 415 g/mol. The summed E-state index contributed by atoms with van der Waals surface area (Å²) in [4.78, 5) is 18.3. The fraction of sp³-hybridized carbons (Fsp3) is 0.708. The Morgan fingerprint density at radius 1 is 1.14 bits per heavy atom. The van der Waals surface area contributed by atoms with Gasteiger partial charge in [-0.1, -0.05) is 6.92 Å². The van der Waals surface area contributed by atoms with Gasteiger partial charge in [0, 0.05) is 42.4 Å². The number of carbonyl (C=O) groups is 1. The van der Waals surface area contributed by atoms with E-state index in [0.29, 0.717) is 11.8 Å². The molecule has 1 aromatic carbocycles. The summed E-state index contributed by atoms with van der Waals surface area (Å²) >= 11 is 6.94. The number of hydrogen-bond acceptors (Lipinski definition) is 3. The number of alkyl halides is 1. The summed E-state index contributed by atoms with van der Waals surface area (Å²) in [6.07, 6.45) is 6.42. The number of benzene rings is 1. The molecule has 0 spiro atoms. The van der Waals surface area contributed by atoms with Crippen LogP contribution in [0.1, 0.15) is 51.0 Å². The lowest BCUT2D eigenvalue weighted by Gasteiger charge is -2.59. The van der Waals surface area contributed by atoms with Crippen LogP contribution in [-0.4, -0.2) is 48.4 Å². The number of halogens is 1. The van der Waals surface area contributed by atoms with Gasteiger partial charge in [-0.25, -0.2) is 0 Å². The van der Waals surface area contributed by atoms with Gasteiger partial charge < -0.3 is 15.1 Å². The van der Waals surface area contributed by atoms with Gasteiger partial charge in [0.1, 0.15) is 0 Å². The number of piperazine rings is 1. The lowest BCUT2D eigenvalue weighted by atomic mass is 9.49. The minimum absolute atomic E-state index is 0.124. The molecule has 0 unspecified atom stereocenters. The molecule has 29 heavy (non-hydrogen) atoms. The maximum atomic E-state index is 13.4. The predicted molar refractivity (Wildman–Crippen MR) is 120 cm³/mol. The maximum absolute atomic E-state index is 13.4. The fourth-order valence-corrected chi connectivity index (χ4v) is 7.67. The highest BCUT2D eigenvalue weighted by Crippen LogP contribution is 2.64. The van der Waals surface area contributed by atoms with Gasteiger partial charge in [-0.2, -0.15) is 0 Å². The highest BCUT2D eigenvalue weighted by Gasteiger charge is 2.60. The number of aryl methyl sites for hydroxylation is 1. The van der Waals surface area contributed by atoms with Crippen LogP contribution in [0.25, 0.3) is 0 Å². The number of likely N-dealkylation sites (N-methyl/N-ethyl adjacent to an activating group) is 1. The van der Waals surface area contributed by atoms with E-state index in [1.54, 1.807) is 0 Å². The molecule has 2 atom stereocenters. The number of rotatable bonds is 4. The maximum Gasteiger partial charge on any atom is 0.230 e. The normalized spacial score (nSPS) is 36.4. The lowest BCUT2D eigenvalue weighted by molar-refractivity contribution is -0.138. The van der Waals surface area contributed by atoms with Crippen molar-refractivity contribution in [2.24, 2.45) is 17.3 Å². The van der Waals surface area contributed by atoms with Gasteiger partial charge >= 0.3 is 0 Å². The molecular formula is C24H34ClN3O. The molecule has 1 amide bonds. The zero-order valence-electron chi connectivity index (χ0n) is 17.8. The summed E-state index contributed by atoms with van der Waals surface area (Å²) in [5.74, 6) is 1.50. The van der Waals surface area contributed by atoms with Crippen molar-refractivity contribution in [3.8, 4) is 0 Å². The molecule has 4 aliphatic carbocycles. The fourth-order valence-electron chi connectivity index (χ4n) is 6.98. The Morgan fingerprint density at radius 3 is 2.41 bits per heavy atom. The van der Waals surface area contributed by atoms with E-state index in [-0.39, 0.29) is 16.2 Å². The Kier molecular flexibility index (Phi) is 4.86. The van der Waals surface area contributed by atoms with Crippen molar-refractivity contribution in [1.29, 1.82) is 0 Å². The van der Waals surface area contributed by atoms with Crippen molar-refractivity contribution in [2.75, 3.05) is 42.9 Å². The highest BCUT2D eigenvalue weighted by molar-refractivity contribution is 6.24. The van der Waals surface area contributed by atoms with Crippen LogP contribution in [0.5, 0.6) is 0 Å². The first-order valence-electron chi connectivity index (χ1n) is 11.5. The molecule has 158 valence electrons. The molecule has 1 N–H and O–H groups in total. The summed E-state index contributed by atoms with van der Waals surface area (Å²) in [5.41, 5.74) is 3.14. The Labute approximate surface area is 180 Å². The third kappa shape index (κ3) is 3.57. The molecule has 5 heteroatoms. The second kappa shape index (κ2) is 7.16. The van der Waals surface area contributed by atoms with Crippen LogP contribution < -0.4 is 10.2 Å². The van der Waals surface area contributed by atoms with Crippen molar-refractivity contribution in [3.05, 3.63) is 23.8 Å². The van der Waals surface area contributed by atoms with Crippen LogP contribution in [0, 0.1) is 24.2 Å². The smallest absolute Gasteiger partial charge is 0.230 e. The van der Waals surface area contributed by atoms with Crippen molar-refractivity contribution in [1.82, 2.24) is 4.90 Å². The van der Waals surface area contributed by atoms with E-state index in [1.165, 1.54) is 12.1 Å².